The Morgan fingerprint density at radius 3 is 2.96 bits per heavy atom. The topological polar surface area (TPSA) is 66.0 Å². The van der Waals surface area contributed by atoms with E-state index in [2.05, 4.69) is 40.4 Å². The van der Waals surface area contributed by atoms with Crippen molar-refractivity contribution in [2.75, 3.05) is 44.7 Å². The summed E-state index contributed by atoms with van der Waals surface area (Å²) in [6.45, 7) is 8.70. The summed E-state index contributed by atoms with van der Waals surface area (Å²) in [5, 5.41) is 6.26. The molecular formula is C20H30N4O2. The van der Waals surface area contributed by atoms with Gasteiger partial charge in [-0.1, -0.05) is 19.1 Å². The zero-order valence-corrected chi connectivity index (χ0v) is 15.9. The minimum absolute atomic E-state index is 0.0910. The van der Waals surface area contributed by atoms with E-state index in [-0.39, 0.29) is 17.9 Å². The first-order valence-corrected chi connectivity index (χ1v) is 9.64. The van der Waals surface area contributed by atoms with E-state index < -0.39 is 0 Å². The smallest absolute Gasteiger partial charge is 0.246 e. The fourth-order valence-corrected chi connectivity index (χ4v) is 3.73. The first-order valence-electron chi connectivity index (χ1n) is 9.64. The van der Waals surface area contributed by atoms with Gasteiger partial charge >= 0.3 is 0 Å². The van der Waals surface area contributed by atoms with Gasteiger partial charge in [0.1, 0.15) is 6.54 Å². The second-order valence-electron chi connectivity index (χ2n) is 7.25. The Bertz CT molecular complexity index is 653. The van der Waals surface area contributed by atoms with Crippen LogP contribution in [-0.2, 0) is 16.0 Å². The normalized spacial score (nSPS) is 22.8. The number of amides is 1. The van der Waals surface area contributed by atoms with Crippen LogP contribution in [0.3, 0.4) is 0 Å². The van der Waals surface area contributed by atoms with Crippen LogP contribution in [0.2, 0.25) is 0 Å². The van der Waals surface area contributed by atoms with Crippen molar-refractivity contribution in [3.8, 4) is 0 Å². The lowest BCUT2D eigenvalue weighted by Gasteiger charge is -2.24. The van der Waals surface area contributed by atoms with Crippen LogP contribution < -0.4 is 10.6 Å². The molecule has 6 nitrogen and oxygen atoms in total. The number of carbonyl (C=O) groups excluding carboxylic acids is 1. The maximum atomic E-state index is 12.3. The van der Waals surface area contributed by atoms with Crippen LogP contribution in [0.15, 0.2) is 29.3 Å². The van der Waals surface area contributed by atoms with E-state index in [1.54, 1.807) is 0 Å². The molecule has 0 saturated carbocycles. The van der Waals surface area contributed by atoms with Crippen molar-refractivity contribution in [1.82, 2.24) is 10.2 Å². The van der Waals surface area contributed by atoms with Crippen LogP contribution in [0, 0.1) is 5.41 Å². The molecule has 2 aliphatic rings. The Balaban J connectivity index is 1.59. The van der Waals surface area contributed by atoms with Gasteiger partial charge in [0, 0.05) is 37.3 Å². The summed E-state index contributed by atoms with van der Waals surface area (Å²) in [7, 11) is 0. The number of aliphatic imine (C=N–C) groups is 1. The molecule has 2 saturated heterocycles. The highest BCUT2D eigenvalue weighted by molar-refractivity contribution is 5.94. The van der Waals surface area contributed by atoms with Gasteiger partial charge in [-0.3, -0.25) is 4.79 Å². The molecule has 2 heterocycles. The summed E-state index contributed by atoms with van der Waals surface area (Å²) >= 11 is 0. The number of ether oxygens (including phenoxy) is 1. The van der Waals surface area contributed by atoms with Gasteiger partial charge in [-0.15, -0.1) is 0 Å². The lowest BCUT2D eigenvalue weighted by Crippen LogP contribution is -2.42. The number of anilines is 1. The number of likely N-dealkylation sites (tertiary alicyclic amines) is 1. The molecule has 26 heavy (non-hydrogen) atoms. The molecule has 2 N–H and O–H groups in total. The molecule has 1 spiro atoms. The van der Waals surface area contributed by atoms with Gasteiger partial charge < -0.3 is 20.3 Å². The van der Waals surface area contributed by atoms with Gasteiger partial charge in [0.05, 0.1) is 6.61 Å². The summed E-state index contributed by atoms with van der Waals surface area (Å²) in [5.41, 5.74) is 2.32. The summed E-state index contributed by atoms with van der Waals surface area (Å²) in [6, 6.07) is 7.95. The molecule has 142 valence electrons. The van der Waals surface area contributed by atoms with Crippen molar-refractivity contribution in [2.24, 2.45) is 10.4 Å². The fourth-order valence-electron chi connectivity index (χ4n) is 3.73. The fraction of sp³-hybridized carbons (Fsp3) is 0.600. The highest BCUT2D eigenvalue weighted by Crippen LogP contribution is 2.38. The van der Waals surface area contributed by atoms with E-state index >= 15 is 0 Å². The molecule has 0 aliphatic carbocycles. The third-order valence-corrected chi connectivity index (χ3v) is 5.25. The minimum atomic E-state index is -0.0910. The molecule has 3 rings (SSSR count). The van der Waals surface area contributed by atoms with Crippen LogP contribution in [0.25, 0.3) is 0 Å². The van der Waals surface area contributed by atoms with Crippen LogP contribution in [0.5, 0.6) is 0 Å². The van der Waals surface area contributed by atoms with Gasteiger partial charge in [0.15, 0.2) is 5.96 Å². The first-order chi connectivity index (χ1) is 12.6. The third-order valence-electron chi connectivity index (χ3n) is 5.25. The van der Waals surface area contributed by atoms with E-state index in [1.807, 2.05) is 18.2 Å². The molecule has 6 heteroatoms. The third kappa shape index (κ3) is 4.55. The number of guanidine groups is 1. The Labute approximate surface area is 156 Å². The second-order valence-corrected chi connectivity index (χ2v) is 7.25. The van der Waals surface area contributed by atoms with Crippen LogP contribution in [0.4, 0.5) is 5.69 Å². The first kappa shape index (κ1) is 18.7. The number of carbonyl (C=O) groups is 1. The number of nitrogens with zero attached hydrogens (tertiary/aromatic N) is 2. The number of aryl methyl sites for hydroxylation is 1. The molecule has 0 bridgehead atoms. The predicted octanol–water partition coefficient (Wildman–Crippen LogP) is 2.27. The molecule has 1 aromatic rings. The maximum Gasteiger partial charge on any atom is 0.246 e. The molecular weight excluding hydrogens is 328 g/mol. The van der Waals surface area contributed by atoms with Crippen molar-refractivity contribution in [2.45, 2.75) is 33.1 Å². The van der Waals surface area contributed by atoms with Crippen molar-refractivity contribution < 1.29 is 9.53 Å². The number of hydrogen-bond acceptors (Lipinski definition) is 3. The Kier molecular flexibility index (Phi) is 6.14. The average Bonchev–Trinajstić information content (AvgIpc) is 3.29. The molecule has 2 aliphatic heterocycles. The largest absolute Gasteiger partial charge is 0.381 e. The average molecular weight is 358 g/mol. The lowest BCUT2D eigenvalue weighted by molar-refractivity contribution is -0.114. The van der Waals surface area contributed by atoms with Crippen molar-refractivity contribution in [3.63, 3.8) is 0 Å². The van der Waals surface area contributed by atoms with E-state index in [0.717, 1.165) is 63.8 Å². The molecule has 2 fully saturated rings. The molecule has 1 atom stereocenters. The van der Waals surface area contributed by atoms with E-state index in [1.165, 1.54) is 5.56 Å². The molecule has 1 unspecified atom stereocenters. The summed E-state index contributed by atoms with van der Waals surface area (Å²) < 4.78 is 5.60. The lowest BCUT2D eigenvalue weighted by atomic mass is 9.87. The standard InChI is InChI=1S/C20H30N4O2/c1-3-16-6-5-7-17(12-16)23-18(25)13-22-19(21-4-2)24-10-8-20(14-24)9-11-26-15-20/h5-7,12H,3-4,8-11,13-15H2,1-2H3,(H,21,22)(H,23,25). The summed E-state index contributed by atoms with van der Waals surface area (Å²) in [6.07, 6.45) is 3.21. The molecule has 0 aromatic heterocycles. The number of rotatable bonds is 5. The number of nitrogens with one attached hydrogen (secondary N) is 2. The van der Waals surface area contributed by atoms with Crippen molar-refractivity contribution in [1.29, 1.82) is 0 Å². The van der Waals surface area contributed by atoms with Gasteiger partial charge in [-0.25, -0.2) is 4.99 Å². The van der Waals surface area contributed by atoms with Gasteiger partial charge in [-0.2, -0.15) is 0 Å². The highest BCUT2D eigenvalue weighted by Gasteiger charge is 2.42. The van der Waals surface area contributed by atoms with E-state index in [9.17, 15) is 4.79 Å². The molecule has 0 radical (unpaired) electrons. The quantitative estimate of drug-likeness (QED) is 0.626. The van der Waals surface area contributed by atoms with Crippen molar-refractivity contribution in [3.05, 3.63) is 29.8 Å². The van der Waals surface area contributed by atoms with Crippen LogP contribution in [0.1, 0.15) is 32.3 Å². The van der Waals surface area contributed by atoms with Gasteiger partial charge in [0.25, 0.3) is 0 Å². The molecule has 1 aromatic carbocycles. The minimum Gasteiger partial charge on any atom is -0.381 e. The zero-order valence-electron chi connectivity index (χ0n) is 15.9. The maximum absolute atomic E-state index is 12.3. The SMILES string of the molecule is CCNC(=NCC(=O)Nc1cccc(CC)c1)N1CCC2(CCOC2)C1. The van der Waals surface area contributed by atoms with E-state index in [4.69, 9.17) is 4.74 Å². The number of hydrogen-bond donors (Lipinski definition) is 2. The Morgan fingerprint density at radius 1 is 1.35 bits per heavy atom. The van der Waals surface area contributed by atoms with Crippen LogP contribution >= 0.6 is 0 Å². The van der Waals surface area contributed by atoms with Gasteiger partial charge in [-0.05, 0) is 43.9 Å². The van der Waals surface area contributed by atoms with Gasteiger partial charge in [0.2, 0.25) is 5.91 Å². The predicted molar refractivity (Wildman–Crippen MR) is 104 cm³/mol. The second kappa shape index (κ2) is 8.54. The van der Waals surface area contributed by atoms with E-state index in [0.29, 0.717) is 0 Å². The monoisotopic (exact) mass is 358 g/mol. The number of benzene rings is 1. The Morgan fingerprint density at radius 2 is 2.23 bits per heavy atom. The Hall–Kier alpha value is -2.08. The highest BCUT2D eigenvalue weighted by atomic mass is 16.5. The van der Waals surface area contributed by atoms with Crippen molar-refractivity contribution >= 4 is 17.6 Å². The summed E-state index contributed by atoms with van der Waals surface area (Å²) in [4.78, 5) is 19.1. The van der Waals surface area contributed by atoms with Crippen LogP contribution in [-0.4, -0.2) is 56.2 Å². The summed E-state index contributed by atoms with van der Waals surface area (Å²) in [5.74, 6) is 0.737. The zero-order chi connectivity index (χ0) is 18.4. The molecule has 1 amide bonds.